The van der Waals surface area contributed by atoms with Crippen LogP contribution in [0.15, 0.2) is 30.7 Å². The zero-order valence-electron chi connectivity index (χ0n) is 19.1. The van der Waals surface area contributed by atoms with E-state index in [-0.39, 0.29) is 24.6 Å². The van der Waals surface area contributed by atoms with Gasteiger partial charge in [-0.05, 0) is 25.0 Å². The summed E-state index contributed by atoms with van der Waals surface area (Å²) in [7, 11) is 5.20. The molecule has 0 bridgehead atoms. The fourth-order valence-corrected chi connectivity index (χ4v) is 4.72. The number of hydrogen-bond donors (Lipinski definition) is 0. The Labute approximate surface area is 191 Å². The molecule has 5 rings (SSSR count). The number of ether oxygens (including phenoxy) is 1. The van der Waals surface area contributed by atoms with Gasteiger partial charge in [-0.1, -0.05) is 0 Å². The van der Waals surface area contributed by atoms with E-state index in [0.29, 0.717) is 38.0 Å². The maximum Gasteiger partial charge on any atom is 0.324 e. The molecule has 3 amide bonds. The summed E-state index contributed by atoms with van der Waals surface area (Å²) in [5.74, 6) is -0.0177. The number of aryl methyl sites for hydroxylation is 1. The topological polar surface area (TPSA) is 96.7 Å². The van der Waals surface area contributed by atoms with E-state index in [9.17, 15) is 9.59 Å². The Morgan fingerprint density at radius 3 is 2.67 bits per heavy atom. The van der Waals surface area contributed by atoms with Crippen molar-refractivity contribution in [1.82, 2.24) is 29.5 Å². The predicted octanol–water partition coefficient (Wildman–Crippen LogP) is 2.04. The Bertz CT molecular complexity index is 1220. The van der Waals surface area contributed by atoms with E-state index in [0.717, 1.165) is 28.0 Å². The van der Waals surface area contributed by atoms with Crippen molar-refractivity contribution in [2.24, 2.45) is 7.05 Å². The molecule has 0 N–H and O–H groups in total. The molecule has 1 saturated heterocycles. The van der Waals surface area contributed by atoms with E-state index < -0.39 is 0 Å². The van der Waals surface area contributed by atoms with Crippen LogP contribution in [0.3, 0.4) is 0 Å². The summed E-state index contributed by atoms with van der Waals surface area (Å²) in [6.07, 6.45) is 6.93. The minimum Gasteiger partial charge on any atom is -0.375 e. The zero-order chi connectivity index (χ0) is 23.1. The molecule has 0 radical (unpaired) electrons. The molecule has 1 fully saturated rings. The molecule has 2 aliphatic rings. The van der Waals surface area contributed by atoms with Crippen molar-refractivity contribution in [2.45, 2.75) is 25.4 Å². The molecule has 2 aliphatic heterocycles. The zero-order valence-corrected chi connectivity index (χ0v) is 19.1. The summed E-state index contributed by atoms with van der Waals surface area (Å²) in [5, 5.41) is 4.25. The first-order valence-electron chi connectivity index (χ1n) is 11.0. The highest BCUT2D eigenvalue weighted by Crippen LogP contribution is 2.37. The maximum absolute atomic E-state index is 13.4. The molecule has 10 nitrogen and oxygen atoms in total. The lowest BCUT2D eigenvalue weighted by Crippen LogP contribution is -2.54. The van der Waals surface area contributed by atoms with Crippen molar-refractivity contribution in [3.05, 3.63) is 36.3 Å². The van der Waals surface area contributed by atoms with E-state index >= 15 is 0 Å². The van der Waals surface area contributed by atoms with Crippen molar-refractivity contribution >= 4 is 28.7 Å². The van der Waals surface area contributed by atoms with Gasteiger partial charge in [0.1, 0.15) is 12.1 Å². The van der Waals surface area contributed by atoms with Crippen molar-refractivity contribution < 1.29 is 14.3 Å². The van der Waals surface area contributed by atoms with Crippen LogP contribution in [0.4, 0.5) is 10.5 Å². The monoisotopic (exact) mass is 449 g/mol. The quantitative estimate of drug-likeness (QED) is 0.605. The number of amides is 3. The molecule has 10 heteroatoms. The standard InChI is InChI=1S/C23H27N7O3/c1-27-12-16-10-24-19-5-4-18(15-11-25-28(2)13-15)26-21(19)22(16)30(23(27)32)17-6-8-29(9-7-17)20(31)14-33-3/h4-5,10-11,13,17H,6-9,12,14H2,1-3H3. The third-order valence-electron chi connectivity index (χ3n) is 6.39. The predicted molar refractivity (Wildman–Crippen MR) is 123 cm³/mol. The summed E-state index contributed by atoms with van der Waals surface area (Å²) in [5.41, 5.74) is 4.96. The van der Waals surface area contributed by atoms with Crippen LogP contribution >= 0.6 is 0 Å². The maximum atomic E-state index is 13.4. The second-order valence-electron chi connectivity index (χ2n) is 8.65. The van der Waals surface area contributed by atoms with Crippen molar-refractivity contribution in [2.75, 3.05) is 38.8 Å². The van der Waals surface area contributed by atoms with Crippen molar-refractivity contribution in [1.29, 1.82) is 0 Å². The lowest BCUT2D eigenvalue weighted by atomic mass is 9.99. The summed E-state index contributed by atoms with van der Waals surface area (Å²) >= 11 is 0. The van der Waals surface area contributed by atoms with Crippen LogP contribution in [0.2, 0.25) is 0 Å². The molecule has 0 unspecified atom stereocenters. The molecule has 0 aromatic carbocycles. The first-order chi connectivity index (χ1) is 16.0. The second-order valence-corrected chi connectivity index (χ2v) is 8.65. The molecule has 33 heavy (non-hydrogen) atoms. The van der Waals surface area contributed by atoms with Crippen LogP contribution in [0.25, 0.3) is 22.3 Å². The highest BCUT2D eigenvalue weighted by atomic mass is 16.5. The van der Waals surface area contributed by atoms with E-state index in [1.165, 1.54) is 7.11 Å². The molecule has 0 spiro atoms. The van der Waals surface area contributed by atoms with Gasteiger partial charge in [0.15, 0.2) is 0 Å². The number of piperidine rings is 1. The molecular formula is C23H27N7O3. The smallest absolute Gasteiger partial charge is 0.324 e. The molecule has 5 heterocycles. The number of rotatable bonds is 4. The number of hydrogen-bond acceptors (Lipinski definition) is 6. The SMILES string of the molecule is COCC(=O)N1CCC(N2C(=O)N(C)Cc3cnc4ccc(-c5cnn(C)c5)nc4c32)CC1. The van der Waals surface area contributed by atoms with Crippen molar-refractivity contribution in [3.8, 4) is 11.3 Å². The Balaban J connectivity index is 1.54. The molecule has 3 aromatic heterocycles. The number of carbonyl (C=O) groups excluding carboxylic acids is 2. The number of fused-ring (bicyclic) bond motifs is 3. The fourth-order valence-electron chi connectivity index (χ4n) is 4.72. The molecular weight excluding hydrogens is 422 g/mol. The highest BCUT2D eigenvalue weighted by Gasteiger charge is 2.37. The van der Waals surface area contributed by atoms with Gasteiger partial charge in [-0.2, -0.15) is 5.10 Å². The van der Waals surface area contributed by atoms with E-state index in [1.807, 2.05) is 41.4 Å². The second kappa shape index (κ2) is 8.43. The number of methoxy groups -OCH3 is 1. The summed E-state index contributed by atoms with van der Waals surface area (Å²) in [6.45, 7) is 1.74. The molecule has 172 valence electrons. The van der Waals surface area contributed by atoms with E-state index in [2.05, 4.69) is 10.1 Å². The summed E-state index contributed by atoms with van der Waals surface area (Å²) in [4.78, 5) is 40.6. The number of aromatic nitrogens is 4. The normalized spacial score (nSPS) is 17.1. The van der Waals surface area contributed by atoms with Gasteiger partial charge >= 0.3 is 6.03 Å². The first kappa shape index (κ1) is 21.3. The Morgan fingerprint density at radius 2 is 1.97 bits per heavy atom. The largest absolute Gasteiger partial charge is 0.375 e. The van der Waals surface area contributed by atoms with Gasteiger partial charge in [-0.25, -0.2) is 9.78 Å². The number of anilines is 1. The van der Waals surface area contributed by atoms with Gasteiger partial charge in [-0.3, -0.25) is 19.4 Å². The van der Waals surface area contributed by atoms with E-state index in [4.69, 9.17) is 9.72 Å². The van der Waals surface area contributed by atoms with E-state index in [1.54, 1.807) is 22.8 Å². The van der Waals surface area contributed by atoms with Crippen LogP contribution < -0.4 is 4.90 Å². The third-order valence-corrected chi connectivity index (χ3v) is 6.39. The molecule has 0 saturated carbocycles. The Kier molecular flexibility index (Phi) is 5.45. The van der Waals surface area contributed by atoms with Gasteiger partial charge in [0.05, 0.1) is 29.6 Å². The summed E-state index contributed by atoms with van der Waals surface area (Å²) < 4.78 is 6.73. The molecule has 0 atom stereocenters. The van der Waals surface area contributed by atoms with Crippen molar-refractivity contribution in [3.63, 3.8) is 0 Å². The fraction of sp³-hybridized carbons (Fsp3) is 0.435. The van der Waals surface area contributed by atoms with Gasteiger partial charge in [0.25, 0.3) is 0 Å². The van der Waals surface area contributed by atoms with Crippen LogP contribution in [0.1, 0.15) is 18.4 Å². The van der Waals surface area contributed by atoms with Crippen LogP contribution in [0.5, 0.6) is 0 Å². The molecule has 0 aliphatic carbocycles. The Morgan fingerprint density at radius 1 is 1.18 bits per heavy atom. The number of nitrogens with zero attached hydrogens (tertiary/aromatic N) is 7. The van der Waals surface area contributed by atoms with Crippen LogP contribution in [-0.2, 0) is 23.1 Å². The van der Waals surface area contributed by atoms with Gasteiger partial charge < -0.3 is 14.5 Å². The van der Waals surface area contributed by atoms with Gasteiger partial charge in [0, 0.05) is 63.9 Å². The minimum absolute atomic E-state index is 0.0177. The number of pyridine rings is 2. The average Bonchev–Trinajstić information content (AvgIpc) is 3.26. The van der Waals surface area contributed by atoms with Crippen LogP contribution in [-0.4, -0.2) is 81.4 Å². The number of likely N-dealkylation sites (tertiary alicyclic amines) is 1. The summed E-state index contributed by atoms with van der Waals surface area (Å²) in [6, 6.07) is 3.79. The number of carbonyl (C=O) groups is 2. The Hall–Kier alpha value is -3.53. The minimum atomic E-state index is -0.0507. The molecule has 3 aromatic rings. The lowest BCUT2D eigenvalue weighted by molar-refractivity contribution is -0.136. The third kappa shape index (κ3) is 3.80. The van der Waals surface area contributed by atoms with Crippen LogP contribution in [0, 0.1) is 0 Å². The average molecular weight is 450 g/mol. The van der Waals surface area contributed by atoms with Gasteiger partial charge in [-0.15, -0.1) is 0 Å². The highest BCUT2D eigenvalue weighted by molar-refractivity contribution is 6.04. The lowest BCUT2D eigenvalue weighted by Gasteiger charge is -2.43. The van der Waals surface area contributed by atoms with Gasteiger partial charge in [0.2, 0.25) is 5.91 Å². The number of urea groups is 1. The first-order valence-corrected chi connectivity index (χ1v) is 11.0.